The number of fused-ring (bicyclic) bond motifs is 3. The molecule has 12 unspecified atom stereocenters. The van der Waals surface area contributed by atoms with Gasteiger partial charge in [0.05, 0.1) is 24.7 Å². The Morgan fingerprint density at radius 1 is 0.754 bits per heavy atom. The Balaban J connectivity index is 1.28. The van der Waals surface area contributed by atoms with Crippen LogP contribution in [-0.2, 0) is 23.7 Å². The van der Waals surface area contributed by atoms with Crippen LogP contribution in [0.25, 0.3) is 0 Å². The van der Waals surface area contributed by atoms with Crippen LogP contribution in [-0.4, -0.2) is 122 Å². The number of esters is 1. The van der Waals surface area contributed by atoms with Crippen LogP contribution >= 0.6 is 0 Å². The molecule has 4 aromatic rings. The predicted octanol–water partition coefficient (Wildman–Crippen LogP) is 1.29. The Bertz CT molecular complexity index is 2460. The number of benzene rings is 4. The minimum Gasteiger partial charge on any atom is -0.508 e. The highest BCUT2D eigenvalue weighted by Crippen LogP contribution is 2.79. The van der Waals surface area contributed by atoms with Gasteiger partial charge in [-0.1, -0.05) is 18.2 Å². The number of hydrogen-bond donors (Lipinski definition) is 12. The molecule has 12 atom stereocenters. The number of rotatable bonds is 7. The summed E-state index contributed by atoms with van der Waals surface area (Å²) in [5.74, 6) is -12.0. The zero-order valence-corrected chi connectivity index (χ0v) is 31.3. The summed E-state index contributed by atoms with van der Waals surface area (Å²) in [6.45, 7) is -0.770. The quantitative estimate of drug-likeness (QED) is 0.0921. The van der Waals surface area contributed by atoms with Crippen molar-refractivity contribution in [1.29, 1.82) is 0 Å². The molecular weight excluding hydrogens is 808 g/mol. The molecule has 61 heavy (non-hydrogen) atoms. The number of aromatic hydroxyl groups is 7. The van der Waals surface area contributed by atoms with Crippen LogP contribution < -0.4 is 4.74 Å². The second-order valence-corrected chi connectivity index (χ2v) is 15.7. The third-order valence-corrected chi connectivity index (χ3v) is 12.3. The lowest BCUT2D eigenvalue weighted by atomic mass is 9.57. The number of phenolic OH excluding ortho intramolecular Hbond substituents is 7. The first-order chi connectivity index (χ1) is 29.0. The standard InChI is InChI=1S/C42H38O19/c43-14-27-33(52)34(53)35(54)40(58-27)57-20-11-21-29(24(48)12-20)31-38(60-39(55)17-8-25(49)32(51)26(50)9-17)37(16-3-6-22(46)23(47)7-16)59-28-10-19(45)13-41(56)42(28,31)30(21)36(61-41)15-1-4-18(44)5-2-15/h1-12,27,30-31,33-38,40,43-44,46-54,56H,13-14H2. The summed E-state index contributed by atoms with van der Waals surface area (Å²) in [6, 6.07) is 13.4. The normalized spacial score (nSPS) is 33.5. The van der Waals surface area contributed by atoms with E-state index in [1.807, 2.05) is 0 Å². The van der Waals surface area contributed by atoms with Crippen LogP contribution in [0.5, 0.6) is 46.0 Å². The van der Waals surface area contributed by atoms with E-state index >= 15 is 0 Å². The third kappa shape index (κ3) is 5.92. The van der Waals surface area contributed by atoms with E-state index in [1.54, 1.807) is 0 Å². The first-order valence-electron chi connectivity index (χ1n) is 18.9. The molecule has 3 heterocycles. The molecule has 0 bridgehead atoms. The number of hydrogen-bond acceptors (Lipinski definition) is 19. The van der Waals surface area contributed by atoms with E-state index in [0.29, 0.717) is 5.56 Å². The second-order valence-electron chi connectivity index (χ2n) is 15.7. The van der Waals surface area contributed by atoms with E-state index in [4.69, 9.17) is 23.7 Å². The SMILES string of the molecule is O=C1C=C2OC(c3ccc(O)c(O)c3)C(OC(=O)c3cc(O)c(O)c(O)c3)C3c4c(O)cc(OC5OC(CO)C(O)C(O)C5O)cc4C4C(c5ccc(O)cc5)OC(O)(C1)C243. The summed E-state index contributed by atoms with van der Waals surface area (Å²) < 4.78 is 30.8. The topological polar surface area (TPSA) is 323 Å². The third-order valence-electron chi connectivity index (χ3n) is 12.3. The Morgan fingerprint density at radius 2 is 1.44 bits per heavy atom. The summed E-state index contributed by atoms with van der Waals surface area (Å²) >= 11 is 0. The smallest absolute Gasteiger partial charge is 0.338 e. The van der Waals surface area contributed by atoms with Crippen molar-refractivity contribution >= 4 is 11.8 Å². The highest BCUT2D eigenvalue weighted by molar-refractivity contribution is 5.94. The van der Waals surface area contributed by atoms with Crippen molar-refractivity contribution < 1.29 is 94.6 Å². The van der Waals surface area contributed by atoms with Gasteiger partial charge in [0.15, 0.2) is 52.5 Å². The highest BCUT2D eigenvalue weighted by atomic mass is 16.7. The Labute approximate surface area is 343 Å². The lowest BCUT2D eigenvalue weighted by molar-refractivity contribution is -0.277. The molecule has 0 amide bonds. The van der Waals surface area contributed by atoms with Crippen molar-refractivity contribution in [1.82, 2.24) is 0 Å². The molecule has 320 valence electrons. The van der Waals surface area contributed by atoms with E-state index < -0.39 is 137 Å². The summed E-state index contributed by atoms with van der Waals surface area (Å²) in [5.41, 5.74) is -1.89. The molecule has 19 heteroatoms. The van der Waals surface area contributed by atoms with Crippen LogP contribution in [0.4, 0.5) is 0 Å². The molecule has 3 saturated heterocycles. The maximum atomic E-state index is 14.2. The van der Waals surface area contributed by atoms with E-state index in [-0.39, 0.29) is 33.9 Å². The van der Waals surface area contributed by atoms with Gasteiger partial charge in [-0.25, -0.2) is 4.79 Å². The van der Waals surface area contributed by atoms with Crippen LogP contribution in [0.3, 0.4) is 0 Å². The molecule has 0 saturated carbocycles. The van der Waals surface area contributed by atoms with Crippen LogP contribution in [0, 0.1) is 5.41 Å². The van der Waals surface area contributed by atoms with Crippen molar-refractivity contribution in [3.63, 3.8) is 0 Å². The molecule has 3 fully saturated rings. The van der Waals surface area contributed by atoms with Crippen LogP contribution in [0.15, 0.2) is 78.6 Å². The van der Waals surface area contributed by atoms with Crippen LogP contribution in [0.2, 0.25) is 0 Å². The lowest BCUT2D eigenvalue weighted by Gasteiger charge is -2.54. The van der Waals surface area contributed by atoms with Gasteiger partial charge in [0.1, 0.15) is 52.8 Å². The predicted molar refractivity (Wildman–Crippen MR) is 199 cm³/mol. The molecule has 9 rings (SSSR count). The number of aliphatic hydroxyl groups excluding tert-OH is 4. The average Bonchev–Trinajstić information content (AvgIpc) is 3.68. The van der Waals surface area contributed by atoms with Gasteiger partial charge in [-0.05, 0) is 53.6 Å². The maximum absolute atomic E-state index is 14.2. The number of phenols is 7. The lowest BCUT2D eigenvalue weighted by Crippen LogP contribution is -2.60. The molecule has 0 radical (unpaired) electrons. The largest absolute Gasteiger partial charge is 0.508 e. The van der Waals surface area contributed by atoms with Gasteiger partial charge in [0, 0.05) is 35.1 Å². The minimum absolute atomic E-state index is 0.00223. The molecule has 4 aromatic carbocycles. The van der Waals surface area contributed by atoms with Crippen molar-refractivity contribution in [2.45, 2.75) is 73.1 Å². The van der Waals surface area contributed by atoms with Gasteiger partial charge in [0.25, 0.3) is 0 Å². The van der Waals surface area contributed by atoms with Gasteiger partial charge in [-0.2, -0.15) is 0 Å². The van der Waals surface area contributed by atoms with Crippen molar-refractivity contribution in [3.8, 4) is 46.0 Å². The zero-order valence-electron chi connectivity index (χ0n) is 31.3. The molecule has 5 aliphatic rings. The van der Waals surface area contributed by atoms with E-state index in [0.717, 1.165) is 36.4 Å². The summed E-state index contributed by atoms with van der Waals surface area (Å²) in [5, 5.41) is 128. The number of allylic oxidation sites excluding steroid dienone is 1. The first-order valence-corrected chi connectivity index (χ1v) is 18.9. The number of ketones is 1. The van der Waals surface area contributed by atoms with Gasteiger partial charge in [-0.15, -0.1) is 0 Å². The number of aliphatic hydroxyl groups is 5. The van der Waals surface area contributed by atoms with E-state index in [2.05, 4.69) is 0 Å². The molecule has 19 nitrogen and oxygen atoms in total. The molecule has 12 N–H and O–H groups in total. The fourth-order valence-corrected chi connectivity index (χ4v) is 9.64. The van der Waals surface area contributed by atoms with Crippen molar-refractivity contribution in [2.24, 2.45) is 5.41 Å². The first kappa shape index (κ1) is 40.1. The van der Waals surface area contributed by atoms with Crippen molar-refractivity contribution in [2.75, 3.05) is 6.61 Å². The minimum atomic E-state index is -2.52. The van der Waals surface area contributed by atoms with Gasteiger partial charge in [-0.3, -0.25) is 4.79 Å². The van der Waals surface area contributed by atoms with Crippen molar-refractivity contribution in [3.05, 3.63) is 106 Å². The fraction of sp³-hybridized carbons (Fsp3) is 0.333. The Morgan fingerprint density at radius 3 is 2.11 bits per heavy atom. The van der Waals surface area contributed by atoms with E-state index in [9.17, 15) is 70.9 Å². The summed E-state index contributed by atoms with van der Waals surface area (Å²) in [4.78, 5) is 27.8. The molecule has 1 spiro atoms. The fourth-order valence-electron chi connectivity index (χ4n) is 9.64. The Hall–Kier alpha value is -6.32. The van der Waals surface area contributed by atoms with Gasteiger partial charge >= 0.3 is 5.97 Å². The van der Waals surface area contributed by atoms with Gasteiger partial charge < -0.3 is 85.0 Å². The molecule has 0 aromatic heterocycles. The average molecular weight is 847 g/mol. The monoisotopic (exact) mass is 846 g/mol. The summed E-state index contributed by atoms with van der Waals surface area (Å²) in [7, 11) is 0. The number of carbonyl (C=O) groups excluding carboxylic acids is 2. The van der Waals surface area contributed by atoms with Gasteiger partial charge in [0.2, 0.25) is 6.29 Å². The summed E-state index contributed by atoms with van der Waals surface area (Å²) in [6.07, 6.45) is -12.5. The van der Waals surface area contributed by atoms with E-state index in [1.165, 1.54) is 36.4 Å². The highest BCUT2D eigenvalue weighted by Gasteiger charge is 2.80. The number of ether oxygens (including phenoxy) is 5. The van der Waals surface area contributed by atoms with Crippen LogP contribution in [0.1, 0.15) is 63.1 Å². The maximum Gasteiger partial charge on any atom is 0.338 e. The second kappa shape index (κ2) is 14.1. The molecule has 2 aliphatic carbocycles. The Kier molecular flexibility index (Phi) is 9.29. The zero-order chi connectivity index (χ0) is 43.4. The number of carbonyl (C=O) groups is 2. The molecule has 3 aliphatic heterocycles. The molecular formula is C42H38O19.